The minimum Gasteiger partial charge on any atom is -0.233 e. The molecule has 0 radical (unpaired) electrons. The highest BCUT2D eigenvalue weighted by Crippen LogP contribution is 2.28. The lowest BCUT2D eigenvalue weighted by molar-refractivity contribution is -0.144. The van der Waals surface area contributed by atoms with Crippen molar-refractivity contribution in [1.29, 1.82) is 0 Å². The van der Waals surface area contributed by atoms with Gasteiger partial charge in [-0.2, -0.15) is 13.2 Å². The van der Waals surface area contributed by atoms with E-state index in [4.69, 9.17) is 0 Å². The fourth-order valence-electron chi connectivity index (χ4n) is 1.31. The fraction of sp³-hybridized carbons (Fsp3) is 0.0909. The van der Waals surface area contributed by atoms with E-state index in [1.54, 1.807) is 0 Å². The van der Waals surface area contributed by atoms with E-state index < -0.39 is 23.6 Å². The maximum atomic E-state index is 13.0. The van der Waals surface area contributed by atoms with Crippen LogP contribution in [0.15, 0.2) is 30.5 Å². The Kier molecular flexibility index (Phi) is 2.98. The van der Waals surface area contributed by atoms with Crippen LogP contribution in [-0.2, 0) is 6.18 Å². The summed E-state index contributed by atoms with van der Waals surface area (Å²) >= 11 is 0. The molecule has 0 aliphatic heterocycles. The van der Waals surface area contributed by atoms with E-state index >= 15 is 0 Å². The fourth-order valence-corrected chi connectivity index (χ4v) is 1.31. The Morgan fingerprint density at radius 1 is 0.944 bits per heavy atom. The molecule has 0 atom stereocenters. The smallest absolute Gasteiger partial charge is 0.233 e. The average Bonchev–Trinajstić information content (AvgIpc) is 2.32. The van der Waals surface area contributed by atoms with Gasteiger partial charge in [-0.15, -0.1) is 0 Å². The highest BCUT2D eigenvalue weighted by atomic mass is 19.4. The number of hydrogen-bond acceptors (Lipinski definition) is 2. The van der Waals surface area contributed by atoms with Gasteiger partial charge in [0.25, 0.3) is 0 Å². The first kappa shape index (κ1) is 12.4. The van der Waals surface area contributed by atoms with Crippen molar-refractivity contribution in [3.63, 3.8) is 0 Å². The first-order valence-electron chi connectivity index (χ1n) is 4.73. The summed E-state index contributed by atoms with van der Waals surface area (Å²) in [4.78, 5) is 6.33. The van der Waals surface area contributed by atoms with E-state index in [9.17, 15) is 22.0 Å². The van der Waals surface area contributed by atoms with E-state index in [1.165, 1.54) is 6.07 Å². The lowest BCUT2D eigenvalue weighted by Gasteiger charge is -2.06. The Bertz CT molecular complexity index is 580. The van der Waals surface area contributed by atoms with Gasteiger partial charge in [0, 0.05) is 11.8 Å². The van der Waals surface area contributed by atoms with Gasteiger partial charge in [-0.3, -0.25) is 0 Å². The minimum atomic E-state index is -4.69. The normalized spacial score (nSPS) is 11.6. The number of benzene rings is 1. The van der Waals surface area contributed by atoms with Crippen molar-refractivity contribution in [3.8, 4) is 11.3 Å². The number of alkyl halides is 3. The van der Waals surface area contributed by atoms with E-state index in [2.05, 4.69) is 9.97 Å². The Morgan fingerprint density at radius 2 is 1.67 bits per heavy atom. The van der Waals surface area contributed by atoms with Crippen LogP contribution in [0.5, 0.6) is 0 Å². The van der Waals surface area contributed by atoms with E-state index in [0.717, 1.165) is 24.4 Å². The zero-order valence-corrected chi connectivity index (χ0v) is 8.67. The molecule has 1 aromatic carbocycles. The lowest BCUT2D eigenvalue weighted by atomic mass is 10.1. The SMILES string of the molecule is Fc1ccc(-c2ccnc(C(F)(F)F)n2)cc1F. The van der Waals surface area contributed by atoms with Crippen molar-refractivity contribution in [1.82, 2.24) is 9.97 Å². The first-order chi connectivity index (χ1) is 8.38. The van der Waals surface area contributed by atoms with Crippen LogP contribution in [0.2, 0.25) is 0 Å². The van der Waals surface area contributed by atoms with Gasteiger partial charge in [0.2, 0.25) is 5.82 Å². The molecule has 0 saturated carbocycles. The quantitative estimate of drug-likeness (QED) is 0.734. The van der Waals surface area contributed by atoms with Crippen molar-refractivity contribution in [3.05, 3.63) is 47.9 Å². The molecule has 0 saturated heterocycles. The van der Waals surface area contributed by atoms with Crippen LogP contribution in [0, 0.1) is 11.6 Å². The molecule has 0 unspecified atom stereocenters. The van der Waals surface area contributed by atoms with Crippen molar-refractivity contribution in [2.75, 3.05) is 0 Å². The summed E-state index contributed by atoms with van der Waals surface area (Å²) in [5.41, 5.74) is -0.0852. The van der Waals surface area contributed by atoms with Crippen molar-refractivity contribution in [2.45, 2.75) is 6.18 Å². The summed E-state index contributed by atoms with van der Waals surface area (Å²) in [6, 6.07) is 3.92. The molecule has 0 fully saturated rings. The first-order valence-corrected chi connectivity index (χ1v) is 4.73. The Hall–Kier alpha value is -2.05. The largest absolute Gasteiger partial charge is 0.451 e. The van der Waals surface area contributed by atoms with Crippen LogP contribution in [0.3, 0.4) is 0 Å². The molecule has 0 aliphatic carbocycles. The number of nitrogens with zero attached hydrogens (tertiary/aromatic N) is 2. The second kappa shape index (κ2) is 4.32. The third-order valence-electron chi connectivity index (χ3n) is 2.12. The molecule has 2 rings (SSSR count). The van der Waals surface area contributed by atoms with Gasteiger partial charge in [0.05, 0.1) is 5.69 Å². The highest BCUT2D eigenvalue weighted by Gasteiger charge is 2.34. The van der Waals surface area contributed by atoms with Crippen LogP contribution < -0.4 is 0 Å². The summed E-state index contributed by atoms with van der Waals surface area (Å²) in [5, 5.41) is 0. The Labute approximate surface area is 98.1 Å². The molecule has 0 aliphatic rings. The van der Waals surface area contributed by atoms with E-state index in [-0.39, 0.29) is 11.3 Å². The maximum absolute atomic E-state index is 13.0. The van der Waals surface area contributed by atoms with Gasteiger partial charge in [0.1, 0.15) is 0 Å². The molecule has 0 N–H and O–H groups in total. The summed E-state index contributed by atoms with van der Waals surface area (Å²) in [6.07, 6.45) is -3.78. The molecule has 0 spiro atoms. The summed E-state index contributed by atoms with van der Waals surface area (Å²) in [7, 11) is 0. The average molecular weight is 260 g/mol. The highest BCUT2D eigenvalue weighted by molar-refractivity contribution is 5.58. The molecule has 0 amide bonds. The topological polar surface area (TPSA) is 25.8 Å². The molecular formula is C11H5F5N2. The second-order valence-corrected chi connectivity index (χ2v) is 3.39. The predicted octanol–water partition coefficient (Wildman–Crippen LogP) is 3.44. The molecule has 1 aromatic heterocycles. The summed E-state index contributed by atoms with van der Waals surface area (Å²) in [6.45, 7) is 0. The van der Waals surface area contributed by atoms with Crippen LogP contribution in [0.1, 0.15) is 5.82 Å². The van der Waals surface area contributed by atoms with Crippen molar-refractivity contribution >= 4 is 0 Å². The molecule has 7 heteroatoms. The number of hydrogen-bond donors (Lipinski definition) is 0. The lowest BCUT2D eigenvalue weighted by Crippen LogP contribution is -2.11. The standard InChI is InChI=1S/C11H5F5N2/c12-7-2-1-6(5-8(7)13)9-3-4-17-10(18-9)11(14,15)16/h1-5H. The van der Waals surface area contributed by atoms with Gasteiger partial charge >= 0.3 is 6.18 Å². The number of aromatic nitrogens is 2. The van der Waals surface area contributed by atoms with Crippen LogP contribution >= 0.6 is 0 Å². The zero-order valence-electron chi connectivity index (χ0n) is 8.67. The maximum Gasteiger partial charge on any atom is 0.451 e. The second-order valence-electron chi connectivity index (χ2n) is 3.39. The third-order valence-corrected chi connectivity index (χ3v) is 2.12. The van der Waals surface area contributed by atoms with E-state index in [1.807, 2.05) is 0 Å². The van der Waals surface area contributed by atoms with Gasteiger partial charge in [-0.05, 0) is 24.3 Å². The molecular weight excluding hydrogens is 255 g/mol. The monoisotopic (exact) mass is 260 g/mol. The van der Waals surface area contributed by atoms with Crippen LogP contribution in [0.25, 0.3) is 11.3 Å². The third kappa shape index (κ3) is 2.44. The molecule has 0 bridgehead atoms. The minimum absolute atomic E-state index is 0.0433. The predicted molar refractivity (Wildman–Crippen MR) is 52.4 cm³/mol. The van der Waals surface area contributed by atoms with Gasteiger partial charge < -0.3 is 0 Å². The summed E-state index contributed by atoms with van der Waals surface area (Å²) < 4.78 is 62.8. The number of rotatable bonds is 1. The molecule has 1 heterocycles. The van der Waals surface area contributed by atoms with Crippen LogP contribution in [-0.4, -0.2) is 9.97 Å². The molecule has 2 aromatic rings. The zero-order chi connectivity index (χ0) is 13.3. The number of halogens is 5. The molecule has 2 nitrogen and oxygen atoms in total. The van der Waals surface area contributed by atoms with E-state index in [0.29, 0.717) is 0 Å². The summed E-state index contributed by atoms with van der Waals surface area (Å²) in [5.74, 6) is -3.56. The van der Waals surface area contributed by atoms with Gasteiger partial charge in [-0.1, -0.05) is 0 Å². The Balaban J connectivity index is 2.48. The van der Waals surface area contributed by atoms with Crippen molar-refractivity contribution in [2.24, 2.45) is 0 Å². The molecule has 94 valence electrons. The van der Waals surface area contributed by atoms with Crippen molar-refractivity contribution < 1.29 is 22.0 Å². The Morgan fingerprint density at radius 3 is 2.28 bits per heavy atom. The van der Waals surface area contributed by atoms with Crippen LogP contribution in [0.4, 0.5) is 22.0 Å². The molecule has 18 heavy (non-hydrogen) atoms. The van der Waals surface area contributed by atoms with Gasteiger partial charge in [0.15, 0.2) is 11.6 Å². The van der Waals surface area contributed by atoms with Gasteiger partial charge in [-0.25, -0.2) is 18.7 Å².